The molecule has 2 saturated carbocycles. The van der Waals surface area contributed by atoms with E-state index >= 15 is 0 Å². The molecule has 2 aliphatic rings. The lowest BCUT2D eigenvalue weighted by atomic mass is 9.85. The molecule has 0 unspecified atom stereocenters. The molecule has 12 heteroatoms. The Morgan fingerprint density at radius 1 is 1.05 bits per heavy atom. The number of amides is 1. The first-order valence-electron chi connectivity index (χ1n) is 12.7. The maximum Gasteiger partial charge on any atom is 0.224 e. The van der Waals surface area contributed by atoms with Crippen molar-refractivity contribution in [1.82, 2.24) is 19.5 Å². The topological polar surface area (TPSA) is 131 Å². The van der Waals surface area contributed by atoms with Gasteiger partial charge in [0.05, 0.1) is 28.0 Å². The van der Waals surface area contributed by atoms with Gasteiger partial charge >= 0.3 is 0 Å². The predicted molar refractivity (Wildman–Crippen MR) is 147 cm³/mol. The molecule has 2 aliphatic carbocycles. The van der Waals surface area contributed by atoms with Crippen molar-refractivity contribution in [2.24, 2.45) is 17.6 Å². The van der Waals surface area contributed by atoms with Crippen LogP contribution >= 0.6 is 34.8 Å². The third kappa shape index (κ3) is 5.74. The van der Waals surface area contributed by atoms with Crippen molar-refractivity contribution < 1.29 is 9.90 Å². The van der Waals surface area contributed by atoms with Gasteiger partial charge in [0.1, 0.15) is 5.52 Å². The Kier molecular flexibility index (Phi) is 7.95. The number of hydrogen-bond acceptors (Lipinski definition) is 7. The number of nitrogens with zero attached hydrogens (tertiary/aromatic N) is 4. The first-order chi connectivity index (χ1) is 17.8. The van der Waals surface area contributed by atoms with E-state index in [-0.39, 0.29) is 29.9 Å². The van der Waals surface area contributed by atoms with Crippen molar-refractivity contribution in [3.05, 3.63) is 33.4 Å². The van der Waals surface area contributed by atoms with Gasteiger partial charge in [-0.1, -0.05) is 47.6 Å². The standard InChI is InChI=1S/C25H30Cl3N7O2/c26-15-9-17(27)21(18(28)10-15)33-25-32-19-12-31-24(30-11-14-3-1-2-4-20(14)36)34-23(19)35(25)16-7-5-13(6-8-16)22(29)37/h9-10,12-14,16,20,36H,1-8,11H2,(H2,29,37)(H,32,33)(H,30,31,34)/t13-,14-,16+,20-/m0/s1. The Labute approximate surface area is 230 Å². The van der Waals surface area contributed by atoms with E-state index in [1.807, 2.05) is 4.57 Å². The van der Waals surface area contributed by atoms with Crippen LogP contribution in [0, 0.1) is 11.8 Å². The lowest BCUT2D eigenvalue weighted by Gasteiger charge is -2.29. The highest BCUT2D eigenvalue weighted by atomic mass is 35.5. The molecule has 0 saturated heterocycles. The maximum absolute atomic E-state index is 11.7. The van der Waals surface area contributed by atoms with Crippen molar-refractivity contribution >= 4 is 69.5 Å². The van der Waals surface area contributed by atoms with Crippen LogP contribution in [0.4, 0.5) is 17.6 Å². The summed E-state index contributed by atoms with van der Waals surface area (Å²) in [5, 5.41) is 18.1. The van der Waals surface area contributed by atoms with Gasteiger partial charge in [-0.2, -0.15) is 4.98 Å². The number of halogens is 3. The van der Waals surface area contributed by atoms with Gasteiger partial charge in [-0.25, -0.2) is 9.97 Å². The van der Waals surface area contributed by atoms with Gasteiger partial charge in [0.2, 0.25) is 17.8 Å². The van der Waals surface area contributed by atoms with E-state index in [0.717, 1.165) is 38.5 Å². The van der Waals surface area contributed by atoms with Crippen LogP contribution in [0.5, 0.6) is 0 Å². The number of fused-ring (bicyclic) bond motifs is 1. The summed E-state index contributed by atoms with van der Waals surface area (Å²) in [7, 11) is 0. The number of imidazole rings is 1. The summed E-state index contributed by atoms with van der Waals surface area (Å²) in [4.78, 5) is 25.8. The summed E-state index contributed by atoms with van der Waals surface area (Å²) in [5.74, 6) is 0.791. The fourth-order valence-corrected chi connectivity index (χ4v) is 6.36. The number of nitrogens with two attached hydrogens (primary N) is 1. The molecule has 0 aliphatic heterocycles. The van der Waals surface area contributed by atoms with Gasteiger partial charge < -0.3 is 21.5 Å². The summed E-state index contributed by atoms with van der Waals surface area (Å²) >= 11 is 19.0. The van der Waals surface area contributed by atoms with Crippen molar-refractivity contribution in [1.29, 1.82) is 0 Å². The normalized spacial score (nSPS) is 24.2. The van der Waals surface area contributed by atoms with Gasteiger partial charge in [0.15, 0.2) is 5.65 Å². The number of aromatic nitrogens is 4. The van der Waals surface area contributed by atoms with E-state index < -0.39 is 0 Å². The van der Waals surface area contributed by atoms with Crippen molar-refractivity contribution in [2.45, 2.75) is 63.5 Å². The van der Waals surface area contributed by atoms with E-state index in [1.165, 1.54) is 0 Å². The van der Waals surface area contributed by atoms with Crippen LogP contribution in [0.25, 0.3) is 11.2 Å². The molecule has 198 valence electrons. The van der Waals surface area contributed by atoms with Gasteiger partial charge in [-0.05, 0) is 50.7 Å². The van der Waals surface area contributed by atoms with E-state index in [2.05, 4.69) is 15.6 Å². The zero-order chi connectivity index (χ0) is 26.1. The molecule has 1 aromatic carbocycles. The summed E-state index contributed by atoms with van der Waals surface area (Å²) in [6.07, 6.45) is 8.25. The van der Waals surface area contributed by atoms with Gasteiger partial charge in [-0.15, -0.1) is 0 Å². The Morgan fingerprint density at radius 3 is 2.43 bits per heavy atom. The Morgan fingerprint density at radius 2 is 1.76 bits per heavy atom. The summed E-state index contributed by atoms with van der Waals surface area (Å²) < 4.78 is 2.04. The first kappa shape index (κ1) is 26.3. The number of rotatable bonds is 7. The molecule has 9 nitrogen and oxygen atoms in total. The number of benzene rings is 1. The summed E-state index contributed by atoms with van der Waals surface area (Å²) in [6, 6.07) is 3.27. The molecule has 2 aromatic heterocycles. The zero-order valence-electron chi connectivity index (χ0n) is 20.3. The molecule has 5 rings (SSSR count). The lowest BCUT2D eigenvalue weighted by Crippen LogP contribution is -2.30. The van der Waals surface area contributed by atoms with E-state index in [4.69, 9.17) is 50.5 Å². The third-order valence-corrected chi connectivity index (χ3v) is 8.35. The van der Waals surface area contributed by atoms with Crippen LogP contribution in [0.3, 0.4) is 0 Å². The molecule has 2 heterocycles. The highest BCUT2D eigenvalue weighted by molar-refractivity contribution is 6.41. The predicted octanol–water partition coefficient (Wildman–Crippen LogP) is 5.71. The smallest absolute Gasteiger partial charge is 0.224 e. The highest BCUT2D eigenvalue weighted by Crippen LogP contribution is 2.40. The number of nitrogens with one attached hydrogen (secondary N) is 2. The van der Waals surface area contributed by atoms with Crippen LogP contribution in [-0.4, -0.2) is 43.2 Å². The van der Waals surface area contributed by atoms with Crippen molar-refractivity contribution in [2.75, 3.05) is 17.2 Å². The second kappa shape index (κ2) is 11.2. The molecular weight excluding hydrogens is 537 g/mol. The van der Waals surface area contributed by atoms with E-state index in [0.29, 0.717) is 63.2 Å². The van der Waals surface area contributed by atoms with E-state index in [9.17, 15) is 9.90 Å². The third-order valence-electron chi connectivity index (χ3n) is 7.53. The lowest BCUT2D eigenvalue weighted by molar-refractivity contribution is -0.122. The Hall–Kier alpha value is -2.33. The van der Waals surface area contributed by atoms with Crippen molar-refractivity contribution in [3.63, 3.8) is 0 Å². The molecule has 1 amide bonds. The first-order valence-corrected chi connectivity index (χ1v) is 13.8. The second-order valence-electron chi connectivity index (χ2n) is 9.98. The fourth-order valence-electron chi connectivity index (χ4n) is 5.45. The van der Waals surface area contributed by atoms with Gasteiger partial charge in [0.25, 0.3) is 0 Å². The number of carbonyl (C=O) groups is 1. The average Bonchev–Trinajstić information content (AvgIpc) is 3.23. The highest BCUT2D eigenvalue weighted by Gasteiger charge is 2.30. The van der Waals surface area contributed by atoms with Crippen LogP contribution in [0.2, 0.25) is 15.1 Å². The minimum absolute atomic E-state index is 0.0378. The molecule has 37 heavy (non-hydrogen) atoms. The minimum atomic E-state index is -0.305. The molecule has 0 radical (unpaired) electrons. The molecule has 3 aromatic rings. The summed E-state index contributed by atoms with van der Waals surface area (Å²) in [6.45, 7) is 0.603. The van der Waals surface area contributed by atoms with Crippen LogP contribution < -0.4 is 16.4 Å². The number of aliphatic hydroxyl groups excluding tert-OH is 1. The largest absolute Gasteiger partial charge is 0.393 e. The monoisotopic (exact) mass is 565 g/mol. The molecule has 0 bridgehead atoms. The Bertz CT molecular complexity index is 1270. The van der Waals surface area contributed by atoms with Crippen LogP contribution in [0.15, 0.2) is 18.3 Å². The molecule has 5 N–H and O–H groups in total. The Balaban J connectivity index is 1.48. The average molecular weight is 567 g/mol. The number of aliphatic hydroxyl groups is 1. The maximum atomic E-state index is 11.7. The van der Waals surface area contributed by atoms with E-state index in [1.54, 1.807) is 18.3 Å². The molecular formula is C25H30Cl3N7O2. The van der Waals surface area contributed by atoms with Crippen molar-refractivity contribution in [3.8, 4) is 0 Å². The number of primary amides is 1. The van der Waals surface area contributed by atoms with Gasteiger partial charge in [0, 0.05) is 29.4 Å². The molecule has 2 atom stereocenters. The fraction of sp³-hybridized carbons (Fsp3) is 0.520. The summed E-state index contributed by atoms with van der Waals surface area (Å²) in [5.41, 5.74) is 7.33. The number of anilines is 3. The molecule has 2 fully saturated rings. The van der Waals surface area contributed by atoms with Crippen LogP contribution in [0.1, 0.15) is 57.4 Å². The molecule has 0 spiro atoms. The zero-order valence-corrected chi connectivity index (χ0v) is 22.5. The quantitative estimate of drug-likeness (QED) is 0.288. The minimum Gasteiger partial charge on any atom is -0.393 e. The SMILES string of the molecule is NC(=O)[C@H]1CC[C@@H](n2c(Nc3c(Cl)cc(Cl)cc3Cl)nc3cnc(NC[C@@H]4CCCC[C@@H]4O)nc32)CC1. The van der Waals surface area contributed by atoms with Crippen LogP contribution in [-0.2, 0) is 4.79 Å². The number of hydrogen-bond donors (Lipinski definition) is 4. The number of carbonyl (C=O) groups excluding carboxylic acids is 1. The second-order valence-corrected chi connectivity index (χ2v) is 11.2. The van der Waals surface area contributed by atoms with Gasteiger partial charge in [-0.3, -0.25) is 9.36 Å².